The maximum Gasteiger partial charge on any atom is 0.262 e. The second-order valence-electron chi connectivity index (χ2n) is 5.40. The Balaban J connectivity index is 1.95. The van der Waals surface area contributed by atoms with Crippen LogP contribution in [0.3, 0.4) is 0 Å². The third kappa shape index (κ3) is 4.09. The number of rotatable bonds is 4. The number of aryl methyl sites for hydroxylation is 4. The van der Waals surface area contributed by atoms with E-state index in [0.717, 1.165) is 22.4 Å². The molecule has 0 heterocycles. The summed E-state index contributed by atoms with van der Waals surface area (Å²) in [4.78, 5) is 12.0. The molecule has 3 nitrogen and oxygen atoms in total. The molecule has 0 spiro atoms. The fourth-order valence-electron chi connectivity index (χ4n) is 2.01. The van der Waals surface area contributed by atoms with Crippen LogP contribution in [0.4, 0.5) is 5.69 Å². The number of carbonyl (C=O) groups excluding carboxylic acids is 1. The first-order chi connectivity index (χ1) is 9.95. The van der Waals surface area contributed by atoms with Gasteiger partial charge in [-0.15, -0.1) is 0 Å². The number of nitrogens with one attached hydrogen (secondary N) is 1. The van der Waals surface area contributed by atoms with Crippen molar-refractivity contribution in [1.29, 1.82) is 0 Å². The molecular weight excluding hydrogens is 262 g/mol. The number of benzene rings is 2. The minimum atomic E-state index is -0.151. The largest absolute Gasteiger partial charge is 0.484 e. The third-order valence-electron chi connectivity index (χ3n) is 3.52. The summed E-state index contributed by atoms with van der Waals surface area (Å²) in [5, 5.41) is 2.88. The Labute approximate surface area is 126 Å². The summed E-state index contributed by atoms with van der Waals surface area (Å²) >= 11 is 0. The van der Waals surface area contributed by atoms with Crippen LogP contribution in [0.2, 0.25) is 0 Å². The Bertz CT molecular complexity index is 662. The quantitative estimate of drug-likeness (QED) is 0.923. The van der Waals surface area contributed by atoms with E-state index in [4.69, 9.17) is 4.74 Å². The van der Waals surface area contributed by atoms with E-state index >= 15 is 0 Å². The standard InChI is InChI=1S/C18H21NO2/c1-12-5-6-14(3)17(9-12)19-18(20)11-21-16-8-7-13(2)15(4)10-16/h5-10H,11H2,1-4H3,(H,19,20). The van der Waals surface area contributed by atoms with Crippen LogP contribution in [0.1, 0.15) is 22.3 Å². The first-order valence-corrected chi connectivity index (χ1v) is 7.03. The molecule has 0 aliphatic heterocycles. The van der Waals surface area contributed by atoms with Crippen molar-refractivity contribution in [2.45, 2.75) is 27.7 Å². The number of hydrogen-bond acceptors (Lipinski definition) is 2. The zero-order chi connectivity index (χ0) is 15.4. The van der Waals surface area contributed by atoms with Crippen molar-refractivity contribution >= 4 is 11.6 Å². The fraction of sp³-hybridized carbons (Fsp3) is 0.278. The van der Waals surface area contributed by atoms with Crippen LogP contribution in [-0.4, -0.2) is 12.5 Å². The van der Waals surface area contributed by atoms with E-state index in [9.17, 15) is 4.79 Å². The maximum absolute atomic E-state index is 12.0. The molecule has 0 aromatic heterocycles. The second-order valence-corrected chi connectivity index (χ2v) is 5.40. The van der Waals surface area contributed by atoms with E-state index in [1.165, 1.54) is 5.56 Å². The molecule has 1 amide bonds. The Hall–Kier alpha value is -2.29. The lowest BCUT2D eigenvalue weighted by atomic mass is 10.1. The van der Waals surface area contributed by atoms with Gasteiger partial charge < -0.3 is 10.1 Å². The number of ether oxygens (including phenoxy) is 1. The summed E-state index contributed by atoms with van der Waals surface area (Å²) in [7, 11) is 0. The van der Waals surface area contributed by atoms with Gasteiger partial charge in [0.1, 0.15) is 5.75 Å². The van der Waals surface area contributed by atoms with Crippen LogP contribution in [-0.2, 0) is 4.79 Å². The summed E-state index contributed by atoms with van der Waals surface area (Å²) in [5.41, 5.74) is 5.36. The van der Waals surface area contributed by atoms with E-state index in [0.29, 0.717) is 5.75 Å². The molecule has 0 saturated carbocycles. The molecule has 0 atom stereocenters. The molecule has 2 rings (SSSR count). The highest BCUT2D eigenvalue weighted by atomic mass is 16.5. The van der Waals surface area contributed by atoms with Crippen molar-refractivity contribution in [1.82, 2.24) is 0 Å². The molecule has 0 fully saturated rings. The summed E-state index contributed by atoms with van der Waals surface area (Å²) in [6, 6.07) is 11.8. The van der Waals surface area contributed by atoms with Crippen molar-refractivity contribution in [3.05, 3.63) is 58.7 Å². The highest BCUT2D eigenvalue weighted by molar-refractivity contribution is 5.92. The topological polar surface area (TPSA) is 38.3 Å². The van der Waals surface area contributed by atoms with E-state index in [1.54, 1.807) is 0 Å². The van der Waals surface area contributed by atoms with Crippen LogP contribution in [0.5, 0.6) is 5.75 Å². The van der Waals surface area contributed by atoms with Gasteiger partial charge >= 0.3 is 0 Å². The average Bonchev–Trinajstić information content (AvgIpc) is 2.44. The molecule has 110 valence electrons. The van der Waals surface area contributed by atoms with Crippen LogP contribution < -0.4 is 10.1 Å². The van der Waals surface area contributed by atoms with Gasteiger partial charge in [-0.25, -0.2) is 0 Å². The van der Waals surface area contributed by atoms with Crippen LogP contribution in [0.25, 0.3) is 0 Å². The van der Waals surface area contributed by atoms with Crippen LogP contribution >= 0.6 is 0 Å². The summed E-state index contributed by atoms with van der Waals surface area (Å²) in [5.74, 6) is 0.566. The average molecular weight is 283 g/mol. The Kier molecular flexibility index (Phi) is 4.63. The van der Waals surface area contributed by atoms with E-state index in [2.05, 4.69) is 5.32 Å². The minimum Gasteiger partial charge on any atom is -0.484 e. The van der Waals surface area contributed by atoms with Crippen molar-refractivity contribution in [2.24, 2.45) is 0 Å². The van der Waals surface area contributed by atoms with Crippen LogP contribution in [0.15, 0.2) is 36.4 Å². The van der Waals surface area contributed by atoms with Gasteiger partial charge in [0.05, 0.1) is 0 Å². The molecule has 0 radical (unpaired) electrons. The van der Waals surface area contributed by atoms with Gasteiger partial charge in [-0.3, -0.25) is 4.79 Å². The van der Waals surface area contributed by atoms with Gasteiger partial charge in [0, 0.05) is 5.69 Å². The maximum atomic E-state index is 12.0. The van der Waals surface area contributed by atoms with Gasteiger partial charge in [-0.2, -0.15) is 0 Å². The normalized spacial score (nSPS) is 10.3. The molecular formula is C18H21NO2. The smallest absolute Gasteiger partial charge is 0.262 e. The number of amides is 1. The van der Waals surface area contributed by atoms with Crippen LogP contribution in [0, 0.1) is 27.7 Å². The molecule has 2 aromatic rings. The fourth-order valence-corrected chi connectivity index (χ4v) is 2.01. The predicted octanol–water partition coefficient (Wildman–Crippen LogP) is 3.94. The lowest BCUT2D eigenvalue weighted by Gasteiger charge is -2.11. The lowest BCUT2D eigenvalue weighted by molar-refractivity contribution is -0.118. The predicted molar refractivity (Wildman–Crippen MR) is 86.0 cm³/mol. The Morgan fingerprint density at radius 1 is 0.952 bits per heavy atom. The minimum absolute atomic E-state index is 0.00980. The Morgan fingerprint density at radius 2 is 1.67 bits per heavy atom. The summed E-state index contributed by atoms with van der Waals surface area (Å²) in [6.45, 7) is 8.06. The van der Waals surface area contributed by atoms with Gasteiger partial charge in [0.2, 0.25) is 0 Å². The van der Waals surface area contributed by atoms with Gasteiger partial charge in [-0.1, -0.05) is 18.2 Å². The molecule has 0 unspecified atom stereocenters. The number of carbonyl (C=O) groups is 1. The first kappa shape index (κ1) is 15.1. The molecule has 3 heteroatoms. The molecule has 1 N–H and O–H groups in total. The molecule has 0 saturated heterocycles. The molecule has 21 heavy (non-hydrogen) atoms. The molecule has 2 aromatic carbocycles. The summed E-state index contributed by atoms with van der Waals surface area (Å²) < 4.78 is 5.53. The molecule has 0 bridgehead atoms. The van der Waals surface area contributed by atoms with Crippen molar-refractivity contribution in [3.8, 4) is 5.75 Å². The highest BCUT2D eigenvalue weighted by Gasteiger charge is 2.06. The lowest BCUT2D eigenvalue weighted by Crippen LogP contribution is -2.20. The SMILES string of the molecule is Cc1ccc(C)c(NC(=O)COc2ccc(C)c(C)c2)c1. The second kappa shape index (κ2) is 6.44. The van der Waals surface area contributed by atoms with Gasteiger partial charge in [-0.05, 0) is 68.1 Å². The van der Waals surface area contributed by atoms with Crippen molar-refractivity contribution < 1.29 is 9.53 Å². The van der Waals surface area contributed by atoms with Gasteiger partial charge in [0.25, 0.3) is 5.91 Å². The van der Waals surface area contributed by atoms with E-state index in [-0.39, 0.29) is 12.5 Å². The molecule has 0 aliphatic rings. The Morgan fingerprint density at radius 3 is 2.38 bits per heavy atom. The van der Waals surface area contributed by atoms with Crippen molar-refractivity contribution in [2.75, 3.05) is 11.9 Å². The third-order valence-corrected chi connectivity index (χ3v) is 3.52. The molecule has 0 aliphatic carbocycles. The number of hydrogen-bond donors (Lipinski definition) is 1. The van der Waals surface area contributed by atoms with E-state index < -0.39 is 0 Å². The monoisotopic (exact) mass is 283 g/mol. The zero-order valence-corrected chi connectivity index (χ0v) is 13.0. The van der Waals surface area contributed by atoms with Crippen molar-refractivity contribution in [3.63, 3.8) is 0 Å². The zero-order valence-electron chi connectivity index (χ0n) is 13.0. The van der Waals surface area contributed by atoms with Gasteiger partial charge in [0.15, 0.2) is 6.61 Å². The highest BCUT2D eigenvalue weighted by Crippen LogP contribution is 2.18. The number of anilines is 1. The first-order valence-electron chi connectivity index (χ1n) is 7.03. The summed E-state index contributed by atoms with van der Waals surface area (Å²) in [6.07, 6.45) is 0. The van der Waals surface area contributed by atoms with E-state index in [1.807, 2.05) is 64.1 Å².